The van der Waals surface area contributed by atoms with Crippen LogP contribution in [0.5, 0.6) is 5.75 Å². The molecule has 2 nitrogen and oxygen atoms in total. The van der Waals surface area contributed by atoms with Crippen LogP contribution in [0, 0.1) is 6.92 Å². The van der Waals surface area contributed by atoms with Crippen LogP contribution < -0.4 is 15.9 Å². The summed E-state index contributed by atoms with van der Waals surface area (Å²) in [6.07, 6.45) is 1.87. The van der Waals surface area contributed by atoms with Gasteiger partial charge in [0, 0.05) is 11.8 Å². The summed E-state index contributed by atoms with van der Waals surface area (Å²) in [7, 11) is -0.716. The smallest absolute Gasteiger partial charge is 0.141 e. The van der Waals surface area contributed by atoms with Crippen molar-refractivity contribution in [2.75, 3.05) is 0 Å². The summed E-state index contributed by atoms with van der Waals surface area (Å²) in [5, 5.41) is 14.0. The Hall–Kier alpha value is -3.22. The molecular weight excluding hydrogens is 373 g/mol. The minimum Gasteiger partial charge on any atom is -0.506 e. The first-order valence-corrected chi connectivity index (χ1v) is 10.9. The Morgan fingerprint density at radius 1 is 0.690 bits per heavy atom. The van der Waals surface area contributed by atoms with Gasteiger partial charge in [0.2, 0.25) is 0 Å². The van der Waals surface area contributed by atoms with Gasteiger partial charge in [-0.1, -0.05) is 97.1 Å². The van der Waals surface area contributed by atoms with Gasteiger partial charge in [0.25, 0.3) is 0 Å². The number of hydrogen-bond acceptors (Lipinski definition) is 2. The monoisotopic (exact) mass is 395 g/mol. The molecule has 4 aromatic carbocycles. The fraction of sp³-hybridized carbons (Fsp3) is 0.0385. The largest absolute Gasteiger partial charge is 0.506 e. The van der Waals surface area contributed by atoms with Gasteiger partial charge in [-0.3, -0.25) is 4.99 Å². The molecule has 0 saturated carbocycles. The number of aryl methyl sites for hydroxylation is 1. The first-order valence-electron chi connectivity index (χ1n) is 9.56. The summed E-state index contributed by atoms with van der Waals surface area (Å²) in [5.41, 5.74) is 2.63. The molecule has 1 N–H and O–H groups in total. The number of aromatic hydroxyl groups is 1. The third-order valence-electron chi connectivity index (χ3n) is 4.76. The molecule has 0 unspecified atom stereocenters. The molecule has 0 atom stereocenters. The SMILES string of the molecule is Cc1cccc(O)c1N=Cc1ccccc1P(c1ccccc1)c1ccccc1. The van der Waals surface area contributed by atoms with Crippen LogP contribution in [-0.4, -0.2) is 11.3 Å². The molecule has 0 radical (unpaired) electrons. The molecule has 0 aliphatic carbocycles. The van der Waals surface area contributed by atoms with Crippen LogP contribution >= 0.6 is 7.92 Å². The minimum atomic E-state index is -0.716. The van der Waals surface area contributed by atoms with E-state index in [2.05, 4.69) is 83.9 Å². The lowest BCUT2D eigenvalue weighted by Crippen LogP contribution is -2.23. The average molecular weight is 395 g/mol. The van der Waals surface area contributed by atoms with E-state index in [1.807, 2.05) is 31.3 Å². The maximum atomic E-state index is 10.2. The molecule has 0 amide bonds. The quantitative estimate of drug-likeness (QED) is 0.365. The molecule has 142 valence electrons. The molecule has 4 aromatic rings. The standard InChI is InChI=1S/C26H22NOP/c1-20-11-10-17-24(28)26(20)27-19-21-12-8-9-18-25(21)29(22-13-4-2-5-14-22)23-15-6-3-7-16-23/h2-19,28H,1H3. The molecule has 0 bridgehead atoms. The summed E-state index contributed by atoms with van der Waals surface area (Å²) in [6, 6.07) is 35.1. The second-order valence-electron chi connectivity index (χ2n) is 6.77. The fourth-order valence-corrected chi connectivity index (χ4v) is 5.75. The van der Waals surface area contributed by atoms with E-state index in [-0.39, 0.29) is 5.75 Å². The zero-order chi connectivity index (χ0) is 20.1. The number of rotatable bonds is 5. The van der Waals surface area contributed by atoms with Crippen LogP contribution in [-0.2, 0) is 0 Å². The van der Waals surface area contributed by atoms with E-state index < -0.39 is 7.92 Å². The highest BCUT2D eigenvalue weighted by Crippen LogP contribution is 2.34. The van der Waals surface area contributed by atoms with E-state index in [4.69, 9.17) is 0 Å². The highest BCUT2D eigenvalue weighted by atomic mass is 31.1. The minimum absolute atomic E-state index is 0.201. The Morgan fingerprint density at radius 2 is 1.28 bits per heavy atom. The maximum Gasteiger partial charge on any atom is 0.141 e. The van der Waals surface area contributed by atoms with Gasteiger partial charge in [0.15, 0.2) is 0 Å². The lowest BCUT2D eigenvalue weighted by molar-refractivity contribution is 0.476. The summed E-state index contributed by atoms with van der Waals surface area (Å²) < 4.78 is 0. The summed E-state index contributed by atoms with van der Waals surface area (Å²) in [6.45, 7) is 1.96. The predicted molar refractivity (Wildman–Crippen MR) is 125 cm³/mol. The van der Waals surface area contributed by atoms with Crippen LogP contribution in [0.4, 0.5) is 5.69 Å². The highest BCUT2D eigenvalue weighted by molar-refractivity contribution is 7.80. The molecule has 0 aromatic heterocycles. The van der Waals surface area contributed by atoms with Crippen molar-refractivity contribution in [1.82, 2.24) is 0 Å². The first-order chi connectivity index (χ1) is 14.2. The van der Waals surface area contributed by atoms with Crippen LogP contribution in [0.3, 0.4) is 0 Å². The van der Waals surface area contributed by atoms with Gasteiger partial charge >= 0.3 is 0 Å². The van der Waals surface area contributed by atoms with Gasteiger partial charge in [-0.25, -0.2) is 0 Å². The molecule has 0 aliphatic rings. The average Bonchev–Trinajstić information content (AvgIpc) is 2.76. The van der Waals surface area contributed by atoms with Crippen molar-refractivity contribution in [3.8, 4) is 5.75 Å². The van der Waals surface area contributed by atoms with Crippen molar-refractivity contribution in [2.45, 2.75) is 6.92 Å². The maximum absolute atomic E-state index is 10.2. The first kappa shape index (κ1) is 19.1. The second kappa shape index (κ2) is 8.86. The van der Waals surface area contributed by atoms with Crippen LogP contribution in [0.2, 0.25) is 0 Å². The van der Waals surface area contributed by atoms with Crippen molar-refractivity contribution < 1.29 is 5.11 Å². The molecule has 3 heteroatoms. The van der Waals surface area contributed by atoms with Gasteiger partial charge in [-0.15, -0.1) is 0 Å². The van der Waals surface area contributed by atoms with Crippen molar-refractivity contribution in [3.05, 3.63) is 114 Å². The summed E-state index contributed by atoms with van der Waals surface area (Å²) in [5.74, 6) is 0.201. The number of phenolic OH excluding ortho intramolecular Hbond substituents is 1. The van der Waals surface area contributed by atoms with E-state index >= 15 is 0 Å². The van der Waals surface area contributed by atoms with Crippen LogP contribution in [0.15, 0.2) is 108 Å². The van der Waals surface area contributed by atoms with Gasteiger partial charge < -0.3 is 5.11 Å². The third kappa shape index (κ3) is 4.29. The van der Waals surface area contributed by atoms with Crippen molar-refractivity contribution in [3.63, 3.8) is 0 Å². The van der Waals surface area contributed by atoms with Crippen molar-refractivity contribution in [1.29, 1.82) is 0 Å². The normalized spacial score (nSPS) is 11.2. The number of hydrogen-bond donors (Lipinski definition) is 1. The van der Waals surface area contributed by atoms with Gasteiger partial charge in [-0.2, -0.15) is 0 Å². The molecular formula is C26H22NOP. The Morgan fingerprint density at radius 3 is 1.90 bits per heavy atom. The van der Waals surface area contributed by atoms with Crippen molar-refractivity contribution >= 4 is 35.7 Å². The molecule has 29 heavy (non-hydrogen) atoms. The van der Waals surface area contributed by atoms with E-state index in [9.17, 15) is 5.11 Å². The number of aliphatic imine (C=N–C) groups is 1. The molecule has 0 aliphatic heterocycles. The van der Waals surface area contributed by atoms with Gasteiger partial charge in [0.1, 0.15) is 11.4 Å². The Balaban J connectivity index is 1.82. The Labute approximate surface area is 173 Å². The summed E-state index contributed by atoms with van der Waals surface area (Å²) >= 11 is 0. The van der Waals surface area contributed by atoms with Gasteiger partial charge in [0.05, 0.1) is 0 Å². The van der Waals surface area contributed by atoms with E-state index in [0.717, 1.165) is 11.1 Å². The molecule has 0 spiro atoms. The van der Waals surface area contributed by atoms with E-state index in [1.165, 1.54) is 15.9 Å². The lowest BCUT2D eigenvalue weighted by Gasteiger charge is -2.21. The summed E-state index contributed by atoms with van der Waals surface area (Å²) in [4.78, 5) is 4.64. The second-order valence-corrected chi connectivity index (χ2v) is 8.95. The third-order valence-corrected chi connectivity index (χ3v) is 7.27. The van der Waals surface area contributed by atoms with Gasteiger partial charge in [-0.05, 0) is 42.4 Å². The Kier molecular flexibility index (Phi) is 5.84. The zero-order valence-electron chi connectivity index (χ0n) is 16.2. The topological polar surface area (TPSA) is 32.6 Å². The molecule has 4 rings (SSSR count). The number of para-hydroxylation sites is 1. The van der Waals surface area contributed by atoms with E-state index in [0.29, 0.717) is 5.69 Å². The molecule has 0 saturated heterocycles. The van der Waals surface area contributed by atoms with Crippen molar-refractivity contribution in [2.24, 2.45) is 4.99 Å². The number of benzene rings is 4. The number of nitrogens with zero attached hydrogens (tertiary/aromatic N) is 1. The van der Waals surface area contributed by atoms with Crippen LogP contribution in [0.25, 0.3) is 0 Å². The van der Waals surface area contributed by atoms with E-state index in [1.54, 1.807) is 6.07 Å². The van der Waals surface area contributed by atoms with Crippen LogP contribution in [0.1, 0.15) is 11.1 Å². The molecule has 0 fully saturated rings. The zero-order valence-corrected chi connectivity index (χ0v) is 17.1. The predicted octanol–water partition coefficient (Wildman–Crippen LogP) is 5.21. The fourth-order valence-electron chi connectivity index (χ4n) is 3.33. The number of phenols is 1. The molecule has 0 heterocycles. The lowest BCUT2D eigenvalue weighted by atomic mass is 10.2. The highest BCUT2D eigenvalue weighted by Gasteiger charge is 2.18. The Bertz CT molecular complexity index is 1060.